The van der Waals surface area contributed by atoms with E-state index in [4.69, 9.17) is 14.2 Å². The molecule has 1 aliphatic heterocycles. The molecule has 2 atom stereocenters. The number of aromatic amines is 1. The van der Waals surface area contributed by atoms with Crippen molar-refractivity contribution >= 4 is 34.5 Å². The van der Waals surface area contributed by atoms with E-state index in [2.05, 4.69) is 31.6 Å². The van der Waals surface area contributed by atoms with Crippen LogP contribution in [-0.4, -0.2) is 73.1 Å². The molecule has 0 aliphatic carbocycles. The lowest BCUT2D eigenvalue weighted by Gasteiger charge is -2.28. The van der Waals surface area contributed by atoms with Crippen LogP contribution in [-0.2, 0) is 20.6 Å². The Morgan fingerprint density at radius 2 is 1.87 bits per heavy atom. The summed E-state index contributed by atoms with van der Waals surface area (Å²) in [6, 6.07) is 17.7. The van der Waals surface area contributed by atoms with Gasteiger partial charge in [0, 0.05) is 42.1 Å². The van der Waals surface area contributed by atoms with Gasteiger partial charge in [0.25, 0.3) is 0 Å². The van der Waals surface area contributed by atoms with Gasteiger partial charge in [-0.25, -0.2) is 14.6 Å². The zero-order valence-corrected chi connectivity index (χ0v) is 25.9. The Labute approximate surface area is 262 Å². The van der Waals surface area contributed by atoms with Crippen molar-refractivity contribution in [3.63, 3.8) is 0 Å². The Morgan fingerprint density at radius 3 is 2.60 bits per heavy atom. The van der Waals surface area contributed by atoms with Crippen LogP contribution < -0.4 is 15.5 Å². The van der Waals surface area contributed by atoms with Crippen LogP contribution in [0.3, 0.4) is 0 Å². The van der Waals surface area contributed by atoms with E-state index in [0.29, 0.717) is 25.3 Å². The van der Waals surface area contributed by atoms with Gasteiger partial charge >= 0.3 is 12.1 Å². The molecule has 11 heteroatoms. The number of amides is 1. The molecule has 1 amide bonds. The summed E-state index contributed by atoms with van der Waals surface area (Å²) in [7, 11) is 1.31. The number of carbonyl (C=O) groups is 2. The molecule has 3 N–H and O–H groups in total. The number of anilines is 2. The lowest BCUT2D eigenvalue weighted by atomic mass is 9.98. The number of methoxy groups -OCH3 is 1. The van der Waals surface area contributed by atoms with Crippen LogP contribution >= 0.6 is 0 Å². The SMILES string of the molecule is COC(=O)c1cc(-c2ccnc(N3CCOCC3)c2)ccc1NC(C#N)[C@H](Cc1c[nH]c2ccccc12)NC(=O)OC(C)(C)C. The Balaban J connectivity index is 1.45. The van der Waals surface area contributed by atoms with Gasteiger partial charge in [-0.15, -0.1) is 0 Å². The maximum absolute atomic E-state index is 13.0. The first kappa shape index (κ1) is 31.3. The van der Waals surface area contributed by atoms with Gasteiger partial charge in [0.05, 0.1) is 38.0 Å². The Kier molecular flexibility index (Phi) is 9.54. The van der Waals surface area contributed by atoms with Crippen molar-refractivity contribution < 1.29 is 23.8 Å². The largest absolute Gasteiger partial charge is 0.465 e. The summed E-state index contributed by atoms with van der Waals surface area (Å²) in [5.74, 6) is 0.266. The number of hydrogen-bond acceptors (Lipinski definition) is 9. The lowest BCUT2D eigenvalue weighted by Crippen LogP contribution is -2.49. The summed E-state index contributed by atoms with van der Waals surface area (Å²) in [5.41, 5.74) is 3.45. The van der Waals surface area contributed by atoms with E-state index < -0.39 is 29.7 Å². The predicted molar refractivity (Wildman–Crippen MR) is 172 cm³/mol. The van der Waals surface area contributed by atoms with E-state index in [1.807, 2.05) is 48.7 Å². The average molecular weight is 611 g/mol. The van der Waals surface area contributed by atoms with E-state index in [1.54, 1.807) is 39.1 Å². The fourth-order valence-electron chi connectivity index (χ4n) is 5.33. The highest BCUT2D eigenvalue weighted by atomic mass is 16.6. The third-order valence-electron chi connectivity index (χ3n) is 7.51. The molecule has 2 aromatic heterocycles. The second-order valence-corrected chi connectivity index (χ2v) is 11.8. The Hall–Kier alpha value is -5.08. The van der Waals surface area contributed by atoms with Crippen LogP contribution in [0.1, 0.15) is 36.7 Å². The maximum Gasteiger partial charge on any atom is 0.407 e. The first-order chi connectivity index (χ1) is 21.6. The first-order valence-corrected chi connectivity index (χ1v) is 14.9. The number of pyridine rings is 1. The second-order valence-electron chi connectivity index (χ2n) is 11.8. The monoisotopic (exact) mass is 610 g/mol. The number of esters is 1. The van der Waals surface area contributed by atoms with Gasteiger partial charge in [0.1, 0.15) is 17.5 Å². The fraction of sp³-hybridized carbons (Fsp3) is 0.353. The van der Waals surface area contributed by atoms with E-state index in [-0.39, 0.29) is 5.56 Å². The van der Waals surface area contributed by atoms with Crippen molar-refractivity contribution in [3.05, 3.63) is 78.1 Å². The van der Waals surface area contributed by atoms with Gasteiger partial charge in [-0.1, -0.05) is 24.3 Å². The molecule has 0 saturated carbocycles. The number of rotatable bonds is 9. The molecule has 0 bridgehead atoms. The third-order valence-corrected chi connectivity index (χ3v) is 7.51. The van der Waals surface area contributed by atoms with Crippen molar-refractivity contribution in [2.24, 2.45) is 0 Å². The number of H-pyrrole nitrogens is 1. The summed E-state index contributed by atoms with van der Waals surface area (Å²) in [4.78, 5) is 35.9. The number of aromatic nitrogens is 2. The summed E-state index contributed by atoms with van der Waals surface area (Å²) < 4.78 is 16.1. The minimum atomic E-state index is -0.936. The molecule has 1 aliphatic rings. The smallest absolute Gasteiger partial charge is 0.407 e. The number of fused-ring (bicyclic) bond motifs is 1. The first-order valence-electron chi connectivity index (χ1n) is 14.9. The quantitative estimate of drug-likeness (QED) is 0.216. The third kappa shape index (κ3) is 7.72. The molecule has 11 nitrogen and oxygen atoms in total. The van der Waals surface area contributed by atoms with E-state index >= 15 is 0 Å². The molecular weight excluding hydrogens is 572 g/mol. The average Bonchev–Trinajstić information content (AvgIpc) is 3.45. The molecule has 1 fully saturated rings. The highest BCUT2D eigenvalue weighted by Crippen LogP contribution is 2.29. The number of carbonyl (C=O) groups excluding carboxylic acids is 2. The van der Waals surface area contributed by atoms with Crippen molar-refractivity contribution in [1.82, 2.24) is 15.3 Å². The van der Waals surface area contributed by atoms with E-state index in [0.717, 1.165) is 46.5 Å². The highest BCUT2D eigenvalue weighted by molar-refractivity contribution is 5.97. The number of hydrogen-bond donors (Lipinski definition) is 3. The number of nitriles is 1. The molecule has 45 heavy (non-hydrogen) atoms. The Bertz CT molecular complexity index is 1700. The minimum absolute atomic E-state index is 0.253. The van der Waals surface area contributed by atoms with Crippen molar-refractivity contribution in [3.8, 4) is 17.2 Å². The predicted octanol–water partition coefficient (Wildman–Crippen LogP) is 5.29. The van der Waals surface area contributed by atoms with Crippen molar-refractivity contribution in [2.75, 3.05) is 43.6 Å². The highest BCUT2D eigenvalue weighted by Gasteiger charge is 2.29. The number of nitrogens with zero attached hydrogens (tertiary/aromatic N) is 3. The molecule has 1 saturated heterocycles. The van der Waals surface area contributed by atoms with Crippen LogP contribution in [0.15, 0.2) is 67.0 Å². The molecule has 2 aromatic carbocycles. The van der Waals surface area contributed by atoms with Crippen molar-refractivity contribution in [2.45, 2.75) is 44.9 Å². The minimum Gasteiger partial charge on any atom is -0.465 e. The van der Waals surface area contributed by atoms with Gasteiger partial charge in [-0.2, -0.15) is 5.26 Å². The molecule has 0 radical (unpaired) electrons. The summed E-state index contributed by atoms with van der Waals surface area (Å²) in [6.07, 6.45) is 3.29. The summed E-state index contributed by atoms with van der Waals surface area (Å²) >= 11 is 0. The van der Waals surface area contributed by atoms with Crippen LogP contribution in [0, 0.1) is 11.3 Å². The Morgan fingerprint density at radius 1 is 1.11 bits per heavy atom. The summed E-state index contributed by atoms with van der Waals surface area (Å²) in [6.45, 7) is 8.11. The molecular formula is C34H38N6O5. The number of alkyl carbamates (subject to hydrolysis) is 1. The number of benzene rings is 2. The second kappa shape index (κ2) is 13.7. The van der Waals surface area contributed by atoms with Crippen LogP contribution in [0.4, 0.5) is 16.3 Å². The molecule has 1 unspecified atom stereocenters. The molecule has 234 valence electrons. The zero-order chi connectivity index (χ0) is 32.0. The van der Waals surface area contributed by atoms with Gasteiger partial charge in [0.2, 0.25) is 0 Å². The molecule has 5 rings (SSSR count). The van der Waals surface area contributed by atoms with Gasteiger partial charge in [-0.3, -0.25) is 0 Å². The molecule has 4 aromatic rings. The van der Waals surface area contributed by atoms with Crippen LogP contribution in [0.2, 0.25) is 0 Å². The lowest BCUT2D eigenvalue weighted by molar-refractivity contribution is 0.0501. The van der Waals surface area contributed by atoms with Crippen LogP contribution in [0.25, 0.3) is 22.0 Å². The zero-order valence-electron chi connectivity index (χ0n) is 25.9. The molecule has 0 spiro atoms. The van der Waals surface area contributed by atoms with E-state index in [1.165, 1.54) is 7.11 Å². The van der Waals surface area contributed by atoms with E-state index in [9.17, 15) is 14.9 Å². The fourth-order valence-corrected chi connectivity index (χ4v) is 5.33. The summed E-state index contributed by atoms with van der Waals surface area (Å²) in [5, 5.41) is 17.4. The normalized spacial score (nSPS) is 14.7. The standard InChI is InChI=1S/C34H38N6O5/c1-34(2,3)45-33(42)39-29(18-24-21-37-27-8-6-5-7-25(24)27)30(20-35)38-28-10-9-22(17-26(28)32(41)43-4)23-11-12-36-31(19-23)40-13-15-44-16-14-40/h5-12,17,19,21,29-30,37-38H,13-16,18H2,1-4H3,(H,39,42)/t29-,30?/m0/s1. The van der Waals surface area contributed by atoms with Gasteiger partial charge in [-0.05, 0) is 74.2 Å². The van der Waals surface area contributed by atoms with Gasteiger partial charge in [0.15, 0.2) is 0 Å². The number of para-hydroxylation sites is 1. The molecule has 3 heterocycles. The maximum atomic E-state index is 13.0. The number of morpholine rings is 1. The number of ether oxygens (including phenoxy) is 3. The number of nitrogens with one attached hydrogen (secondary N) is 3. The van der Waals surface area contributed by atoms with Gasteiger partial charge < -0.3 is 34.7 Å². The van der Waals surface area contributed by atoms with Crippen LogP contribution in [0.5, 0.6) is 0 Å². The van der Waals surface area contributed by atoms with Crippen molar-refractivity contribution in [1.29, 1.82) is 5.26 Å². The topological polar surface area (TPSA) is 142 Å².